The molecule has 0 N–H and O–H groups in total. The van der Waals surface area contributed by atoms with E-state index in [2.05, 4.69) is 18.1 Å². The average Bonchev–Trinajstić information content (AvgIpc) is 1.87. The van der Waals surface area contributed by atoms with E-state index in [0.717, 1.165) is 0 Å². The van der Waals surface area contributed by atoms with Gasteiger partial charge in [0.15, 0.2) is 0 Å². The Morgan fingerprint density at radius 2 is 1.25 bits per heavy atom. The standard InChI is InChI=1S/3CH3O.Hf.HI/c3*1-2;;/h3*1H3;;1H/q3*-1;+4;/p-1. The molecule has 3 nitrogen and oxygen atoms in total. The van der Waals surface area contributed by atoms with Gasteiger partial charge in [0.25, 0.3) is 0 Å². The Morgan fingerprint density at radius 1 is 1.00 bits per heavy atom. The van der Waals surface area contributed by atoms with Gasteiger partial charge in [0, 0.05) is 0 Å². The zero-order valence-corrected chi connectivity index (χ0v) is 10.9. The van der Waals surface area contributed by atoms with Crippen LogP contribution in [0.4, 0.5) is 0 Å². The van der Waals surface area contributed by atoms with Gasteiger partial charge in [0.05, 0.1) is 0 Å². The second-order valence-electron chi connectivity index (χ2n) is 1.09. The molecule has 0 radical (unpaired) electrons. The molecule has 0 bridgehead atoms. The summed E-state index contributed by atoms with van der Waals surface area (Å²) < 4.78 is 15.0. The summed E-state index contributed by atoms with van der Waals surface area (Å²) in [7, 11) is 4.84. The molecule has 0 unspecified atom stereocenters. The molecule has 0 aromatic heterocycles. The van der Waals surface area contributed by atoms with Gasteiger partial charge in [-0.1, -0.05) is 0 Å². The fraction of sp³-hybridized carbons (Fsp3) is 1.00. The first-order valence-corrected chi connectivity index (χ1v) is 16.6. The molecule has 0 aromatic rings. The summed E-state index contributed by atoms with van der Waals surface area (Å²) in [6.07, 6.45) is 0. The molecule has 0 aromatic carbocycles. The topological polar surface area (TPSA) is 27.7 Å². The fourth-order valence-corrected chi connectivity index (χ4v) is 2.05. The van der Waals surface area contributed by atoms with E-state index in [9.17, 15) is 0 Å². The molecule has 0 saturated heterocycles. The third kappa shape index (κ3) is 2.86. The van der Waals surface area contributed by atoms with E-state index in [1.54, 1.807) is 21.3 Å². The van der Waals surface area contributed by atoms with Crippen molar-refractivity contribution in [2.45, 2.75) is 0 Å². The quantitative estimate of drug-likeness (QED) is 0.528. The minimum atomic E-state index is -2.98. The molecule has 8 heavy (non-hydrogen) atoms. The fourth-order valence-electron chi connectivity index (χ4n) is 0.250. The van der Waals surface area contributed by atoms with E-state index in [1.165, 1.54) is 0 Å². The maximum absolute atomic E-state index is 5.00. The molecule has 0 fully saturated rings. The third-order valence-corrected chi connectivity index (χ3v) is 16.8. The second kappa shape index (κ2) is 4.32. The van der Waals surface area contributed by atoms with E-state index >= 15 is 0 Å². The molecule has 0 saturated carbocycles. The number of hydrogen-bond acceptors (Lipinski definition) is 3. The van der Waals surface area contributed by atoms with Crippen LogP contribution in [0.5, 0.6) is 0 Å². The van der Waals surface area contributed by atoms with Crippen molar-refractivity contribution in [1.82, 2.24) is 0 Å². The molecular weight excluding hydrogens is 389 g/mol. The molecule has 0 heterocycles. The van der Waals surface area contributed by atoms with Crippen LogP contribution in [0.15, 0.2) is 0 Å². The Kier molecular flexibility index (Phi) is 5.12. The Balaban J connectivity index is 3.58. The van der Waals surface area contributed by atoms with Gasteiger partial charge in [-0.15, -0.1) is 0 Å². The van der Waals surface area contributed by atoms with Crippen molar-refractivity contribution < 1.29 is 25.7 Å². The van der Waals surface area contributed by atoms with Crippen LogP contribution in [-0.2, 0) is 25.7 Å². The zero-order valence-electron chi connectivity index (χ0n) is 5.10. The van der Waals surface area contributed by atoms with Gasteiger partial charge >= 0.3 is 65.2 Å². The second-order valence-corrected chi connectivity index (χ2v) is 19.8. The summed E-state index contributed by atoms with van der Waals surface area (Å²) in [5.74, 6) is 0. The predicted octanol–water partition coefficient (Wildman–Crippen LogP) is 1.17. The Labute approximate surface area is 64.6 Å². The van der Waals surface area contributed by atoms with Gasteiger partial charge in [0.1, 0.15) is 0 Å². The molecular formula is C3H9HfIO3. The van der Waals surface area contributed by atoms with Crippen LogP contribution in [0.2, 0.25) is 0 Å². The zero-order chi connectivity index (χ0) is 6.62. The van der Waals surface area contributed by atoms with Crippen molar-refractivity contribution >= 4 is 18.1 Å². The summed E-state index contributed by atoms with van der Waals surface area (Å²) in [4.78, 5) is 0. The summed E-state index contributed by atoms with van der Waals surface area (Å²) in [6, 6.07) is 0. The number of rotatable bonds is 3. The normalized spacial score (nSPS) is 12.0. The summed E-state index contributed by atoms with van der Waals surface area (Å²) >= 11 is -0.857. The molecule has 0 aliphatic rings. The van der Waals surface area contributed by atoms with Gasteiger partial charge in [0.2, 0.25) is 0 Å². The van der Waals surface area contributed by atoms with E-state index in [1.807, 2.05) is 0 Å². The summed E-state index contributed by atoms with van der Waals surface area (Å²) in [5.41, 5.74) is 0. The maximum atomic E-state index is 5.00. The van der Waals surface area contributed by atoms with Gasteiger partial charge in [-0.25, -0.2) is 0 Å². The Morgan fingerprint density at radius 3 is 1.25 bits per heavy atom. The van der Waals surface area contributed by atoms with Crippen molar-refractivity contribution in [2.24, 2.45) is 0 Å². The molecule has 5 heteroatoms. The Hall–Kier alpha value is 1.48. The van der Waals surface area contributed by atoms with Crippen molar-refractivity contribution in [3.63, 3.8) is 0 Å². The summed E-state index contributed by atoms with van der Waals surface area (Å²) in [6.45, 7) is 0. The van der Waals surface area contributed by atoms with Crippen LogP contribution in [0, 0.1) is 0 Å². The molecule has 50 valence electrons. The van der Waals surface area contributed by atoms with E-state index in [4.69, 9.17) is 8.56 Å². The SMILES string of the molecule is C[O][Hf]([I])([O]C)[O]C. The van der Waals surface area contributed by atoms with Gasteiger partial charge in [-0.05, 0) is 0 Å². The van der Waals surface area contributed by atoms with Crippen molar-refractivity contribution in [1.29, 1.82) is 0 Å². The minimum absolute atomic E-state index is 1.61. The van der Waals surface area contributed by atoms with E-state index in [0.29, 0.717) is 0 Å². The monoisotopic (exact) mass is 400 g/mol. The number of halogens is 1. The Bertz CT molecular complexity index is 57.3. The molecule has 0 amide bonds. The molecule has 0 rings (SSSR count). The molecule has 0 aliphatic carbocycles. The first kappa shape index (κ1) is 9.48. The molecule has 0 aliphatic heterocycles. The van der Waals surface area contributed by atoms with Crippen LogP contribution >= 0.6 is 18.1 Å². The van der Waals surface area contributed by atoms with Crippen LogP contribution < -0.4 is 0 Å². The average molecular weight is 398 g/mol. The third-order valence-electron chi connectivity index (χ3n) is 0.731. The van der Waals surface area contributed by atoms with Gasteiger partial charge in [-0.3, -0.25) is 0 Å². The van der Waals surface area contributed by atoms with E-state index in [-0.39, 0.29) is 0 Å². The van der Waals surface area contributed by atoms with Crippen LogP contribution in [0.25, 0.3) is 0 Å². The van der Waals surface area contributed by atoms with Crippen LogP contribution in [0.1, 0.15) is 0 Å². The molecule has 0 atom stereocenters. The van der Waals surface area contributed by atoms with Crippen molar-refractivity contribution in [3.8, 4) is 0 Å². The van der Waals surface area contributed by atoms with Crippen LogP contribution in [-0.4, -0.2) is 21.3 Å². The van der Waals surface area contributed by atoms with Crippen LogP contribution in [0.3, 0.4) is 0 Å². The van der Waals surface area contributed by atoms with Gasteiger partial charge < -0.3 is 0 Å². The van der Waals surface area contributed by atoms with E-state index < -0.39 is 17.1 Å². The van der Waals surface area contributed by atoms with Crippen molar-refractivity contribution in [3.05, 3.63) is 0 Å². The first-order chi connectivity index (χ1) is 3.68. The number of hydrogen-bond donors (Lipinski definition) is 0. The first-order valence-electron chi connectivity index (χ1n) is 2.03. The van der Waals surface area contributed by atoms with Gasteiger partial charge in [-0.2, -0.15) is 0 Å². The predicted molar refractivity (Wildman–Crippen MR) is 35.0 cm³/mol. The van der Waals surface area contributed by atoms with Crippen molar-refractivity contribution in [2.75, 3.05) is 21.3 Å². The molecule has 0 spiro atoms. The summed E-state index contributed by atoms with van der Waals surface area (Å²) in [5, 5.41) is 0.